The average molecular weight is 382 g/mol. The SMILES string of the molecule is Cc1ccc(C(=O)N[C@@H]2C[C@@H](C(=O)NCCc3ccncc3)CC[C@H]2O)cn1. The Morgan fingerprint density at radius 1 is 1.18 bits per heavy atom. The van der Waals surface area contributed by atoms with Crippen molar-refractivity contribution in [2.24, 2.45) is 5.92 Å². The van der Waals surface area contributed by atoms with Crippen LogP contribution in [0.15, 0.2) is 42.9 Å². The molecule has 1 fully saturated rings. The summed E-state index contributed by atoms with van der Waals surface area (Å²) in [5.41, 5.74) is 2.39. The minimum Gasteiger partial charge on any atom is -0.391 e. The van der Waals surface area contributed by atoms with Gasteiger partial charge in [0.05, 0.1) is 17.7 Å². The van der Waals surface area contributed by atoms with E-state index in [1.165, 1.54) is 6.20 Å². The van der Waals surface area contributed by atoms with E-state index in [-0.39, 0.29) is 17.7 Å². The van der Waals surface area contributed by atoms with Crippen LogP contribution in [-0.2, 0) is 11.2 Å². The lowest BCUT2D eigenvalue weighted by Crippen LogP contribution is -2.49. The lowest BCUT2D eigenvalue weighted by atomic mass is 9.83. The molecule has 0 aromatic carbocycles. The van der Waals surface area contributed by atoms with E-state index < -0.39 is 12.1 Å². The van der Waals surface area contributed by atoms with E-state index in [0.29, 0.717) is 31.4 Å². The second-order valence-electron chi connectivity index (χ2n) is 7.24. The van der Waals surface area contributed by atoms with Gasteiger partial charge in [0.15, 0.2) is 0 Å². The summed E-state index contributed by atoms with van der Waals surface area (Å²) in [5.74, 6) is -0.533. The van der Waals surface area contributed by atoms with Crippen LogP contribution in [0.4, 0.5) is 0 Å². The van der Waals surface area contributed by atoms with Crippen LogP contribution in [-0.4, -0.2) is 45.6 Å². The lowest BCUT2D eigenvalue weighted by Gasteiger charge is -2.33. The van der Waals surface area contributed by atoms with E-state index in [1.54, 1.807) is 24.5 Å². The smallest absolute Gasteiger partial charge is 0.253 e. The molecule has 2 heterocycles. The summed E-state index contributed by atoms with van der Waals surface area (Å²) in [4.78, 5) is 33.0. The van der Waals surface area contributed by atoms with Gasteiger partial charge in [-0.1, -0.05) is 0 Å². The van der Waals surface area contributed by atoms with Gasteiger partial charge in [-0.2, -0.15) is 0 Å². The minimum absolute atomic E-state index is 0.0304. The Hall–Kier alpha value is -2.80. The summed E-state index contributed by atoms with van der Waals surface area (Å²) in [6, 6.07) is 6.88. The lowest BCUT2D eigenvalue weighted by molar-refractivity contribution is -0.127. The molecule has 148 valence electrons. The molecule has 7 heteroatoms. The van der Waals surface area contributed by atoms with Crippen molar-refractivity contribution < 1.29 is 14.7 Å². The Bertz CT molecular complexity index is 795. The maximum Gasteiger partial charge on any atom is 0.253 e. The second-order valence-corrected chi connectivity index (χ2v) is 7.24. The first kappa shape index (κ1) is 19.9. The van der Waals surface area contributed by atoms with E-state index >= 15 is 0 Å². The number of hydrogen-bond acceptors (Lipinski definition) is 5. The van der Waals surface area contributed by atoms with Gasteiger partial charge < -0.3 is 15.7 Å². The highest BCUT2D eigenvalue weighted by molar-refractivity contribution is 5.94. The molecule has 0 saturated heterocycles. The van der Waals surface area contributed by atoms with Crippen molar-refractivity contribution in [2.75, 3.05) is 6.54 Å². The molecular weight excluding hydrogens is 356 g/mol. The number of carbonyl (C=O) groups excluding carboxylic acids is 2. The number of carbonyl (C=O) groups is 2. The minimum atomic E-state index is -0.650. The van der Waals surface area contributed by atoms with Gasteiger partial charge in [-0.15, -0.1) is 0 Å². The molecular formula is C21H26N4O3. The van der Waals surface area contributed by atoms with E-state index in [4.69, 9.17) is 0 Å². The molecule has 1 aliphatic rings. The van der Waals surface area contributed by atoms with Crippen molar-refractivity contribution in [3.63, 3.8) is 0 Å². The van der Waals surface area contributed by atoms with Crippen molar-refractivity contribution in [2.45, 2.75) is 44.8 Å². The Labute approximate surface area is 164 Å². The number of pyridine rings is 2. The molecule has 0 radical (unpaired) electrons. The van der Waals surface area contributed by atoms with Crippen molar-refractivity contribution in [1.29, 1.82) is 0 Å². The van der Waals surface area contributed by atoms with Crippen LogP contribution >= 0.6 is 0 Å². The third kappa shape index (κ3) is 5.36. The zero-order valence-corrected chi connectivity index (χ0v) is 16.0. The predicted octanol–water partition coefficient (Wildman–Crippen LogP) is 1.40. The van der Waals surface area contributed by atoms with Crippen LogP contribution in [0.5, 0.6) is 0 Å². The number of aliphatic hydroxyl groups is 1. The fourth-order valence-corrected chi connectivity index (χ4v) is 3.43. The number of aromatic nitrogens is 2. The molecule has 7 nitrogen and oxygen atoms in total. The van der Waals surface area contributed by atoms with E-state index in [1.807, 2.05) is 19.1 Å². The van der Waals surface area contributed by atoms with Crippen molar-refractivity contribution in [3.05, 3.63) is 59.7 Å². The summed E-state index contributed by atoms with van der Waals surface area (Å²) in [6.07, 6.45) is 6.59. The summed E-state index contributed by atoms with van der Waals surface area (Å²) < 4.78 is 0. The van der Waals surface area contributed by atoms with Crippen LogP contribution in [0.25, 0.3) is 0 Å². The standard InChI is InChI=1S/C21H26N4O3/c1-14-2-3-17(13-24-14)21(28)25-18-12-16(4-5-19(18)26)20(27)23-11-8-15-6-9-22-10-7-15/h2-3,6-7,9-10,13,16,18-19,26H,4-5,8,11-12H2,1H3,(H,23,27)(H,25,28)/t16-,18+,19+/m0/s1. The molecule has 3 rings (SSSR count). The quantitative estimate of drug-likeness (QED) is 0.701. The van der Waals surface area contributed by atoms with E-state index in [0.717, 1.165) is 17.7 Å². The van der Waals surface area contributed by atoms with Crippen molar-refractivity contribution in [1.82, 2.24) is 20.6 Å². The molecule has 0 bridgehead atoms. The molecule has 28 heavy (non-hydrogen) atoms. The normalized spacial score (nSPS) is 21.7. The molecule has 3 atom stereocenters. The second kappa shape index (κ2) is 9.41. The molecule has 3 N–H and O–H groups in total. The molecule has 1 saturated carbocycles. The zero-order valence-electron chi connectivity index (χ0n) is 16.0. The Balaban J connectivity index is 1.50. The van der Waals surface area contributed by atoms with Gasteiger partial charge in [0, 0.05) is 36.7 Å². The van der Waals surface area contributed by atoms with Gasteiger partial charge >= 0.3 is 0 Å². The van der Waals surface area contributed by atoms with Gasteiger partial charge in [-0.25, -0.2) is 0 Å². The van der Waals surface area contributed by atoms with Gasteiger partial charge in [0.1, 0.15) is 0 Å². The summed E-state index contributed by atoms with van der Waals surface area (Å²) >= 11 is 0. The van der Waals surface area contributed by atoms with E-state index in [9.17, 15) is 14.7 Å². The van der Waals surface area contributed by atoms with Crippen molar-refractivity contribution >= 4 is 11.8 Å². The Morgan fingerprint density at radius 3 is 2.68 bits per heavy atom. The molecule has 0 aliphatic heterocycles. The first-order chi connectivity index (χ1) is 13.5. The maximum atomic E-state index is 12.5. The number of aryl methyl sites for hydroxylation is 1. The number of aliphatic hydroxyl groups excluding tert-OH is 1. The third-order valence-electron chi connectivity index (χ3n) is 5.14. The fourth-order valence-electron chi connectivity index (χ4n) is 3.43. The number of hydrogen-bond donors (Lipinski definition) is 3. The average Bonchev–Trinajstić information content (AvgIpc) is 2.71. The largest absolute Gasteiger partial charge is 0.391 e. The highest BCUT2D eigenvalue weighted by Crippen LogP contribution is 2.25. The fraction of sp³-hybridized carbons (Fsp3) is 0.429. The number of amides is 2. The summed E-state index contributed by atoms with van der Waals surface area (Å²) in [6.45, 7) is 2.40. The summed E-state index contributed by atoms with van der Waals surface area (Å²) in [5, 5.41) is 16.1. The van der Waals surface area contributed by atoms with E-state index in [2.05, 4.69) is 20.6 Å². The molecule has 2 amide bonds. The zero-order chi connectivity index (χ0) is 19.9. The molecule has 1 aliphatic carbocycles. The van der Waals surface area contributed by atoms with Crippen LogP contribution in [0.2, 0.25) is 0 Å². The maximum absolute atomic E-state index is 12.5. The van der Waals surface area contributed by atoms with Gasteiger partial charge in [-0.05, 0) is 62.4 Å². The van der Waals surface area contributed by atoms with Gasteiger partial charge in [0.2, 0.25) is 5.91 Å². The first-order valence-electron chi connectivity index (χ1n) is 9.61. The molecule has 2 aromatic heterocycles. The predicted molar refractivity (Wildman–Crippen MR) is 105 cm³/mol. The first-order valence-corrected chi connectivity index (χ1v) is 9.61. The monoisotopic (exact) mass is 382 g/mol. The van der Waals surface area contributed by atoms with Crippen LogP contribution in [0.1, 0.15) is 40.9 Å². The van der Waals surface area contributed by atoms with Gasteiger partial charge in [0.25, 0.3) is 5.91 Å². The molecule has 2 aromatic rings. The highest BCUT2D eigenvalue weighted by atomic mass is 16.3. The highest BCUT2D eigenvalue weighted by Gasteiger charge is 2.33. The summed E-state index contributed by atoms with van der Waals surface area (Å²) in [7, 11) is 0. The topological polar surface area (TPSA) is 104 Å². The van der Waals surface area contributed by atoms with Crippen molar-refractivity contribution in [3.8, 4) is 0 Å². The third-order valence-corrected chi connectivity index (χ3v) is 5.14. The van der Waals surface area contributed by atoms with Crippen LogP contribution in [0.3, 0.4) is 0 Å². The number of nitrogens with zero attached hydrogens (tertiary/aromatic N) is 2. The number of rotatable bonds is 6. The van der Waals surface area contributed by atoms with Crippen LogP contribution < -0.4 is 10.6 Å². The Morgan fingerprint density at radius 2 is 1.96 bits per heavy atom. The number of nitrogens with one attached hydrogen (secondary N) is 2. The molecule has 0 unspecified atom stereocenters. The van der Waals surface area contributed by atoms with Crippen LogP contribution in [0, 0.1) is 12.8 Å². The van der Waals surface area contributed by atoms with Gasteiger partial charge in [-0.3, -0.25) is 19.6 Å². The molecule has 0 spiro atoms. The Kier molecular flexibility index (Phi) is 6.71.